The normalized spacial score (nSPS) is 11.7. The minimum absolute atomic E-state index is 0.0431. The lowest BCUT2D eigenvalue weighted by molar-refractivity contribution is 0.590. The molecular weight excluding hydrogens is 759 g/mol. The van der Waals surface area contributed by atoms with Gasteiger partial charge in [0.05, 0.1) is 0 Å². The lowest BCUT2D eigenvalue weighted by atomic mass is 9.81. The highest BCUT2D eigenvalue weighted by molar-refractivity contribution is 6.33. The van der Waals surface area contributed by atoms with E-state index in [0.717, 1.165) is 17.1 Å². The predicted molar refractivity (Wildman–Crippen MR) is 272 cm³/mol. The highest BCUT2D eigenvalue weighted by Gasteiger charge is 2.23. The Morgan fingerprint density at radius 3 is 1.46 bits per heavy atom. The minimum atomic E-state index is 0.0431. The van der Waals surface area contributed by atoms with Crippen molar-refractivity contribution in [3.8, 4) is 44.5 Å². The van der Waals surface area contributed by atoms with Gasteiger partial charge in [-0.25, -0.2) is 0 Å². The van der Waals surface area contributed by atoms with Crippen LogP contribution in [0.15, 0.2) is 231 Å². The van der Waals surface area contributed by atoms with E-state index in [0.29, 0.717) is 0 Å². The molecule has 11 rings (SSSR count). The van der Waals surface area contributed by atoms with Crippen LogP contribution in [-0.4, -0.2) is 0 Å². The number of fused-ring (bicyclic) bond motifs is 7. The highest BCUT2D eigenvalue weighted by Crippen LogP contribution is 2.50. The van der Waals surface area contributed by atoms with Gasteiger partial charge in [0.2, 0.25) is 0 Å². The average Bonchev–Trinajstić information content (AvgIpc) is 3.34. The average molecular weight is 806 g/mol. The summed E-state index contributed by atoms with van der Waals surface area (Å²) in [5.41, 5.74) is 14.4. The summed E-state index contributed by atoms with van der Waals surface area (Å²) < 4.78 is 0. The van der Waals surface area contributed by atoms with Crippen LogP contribution < -0.4 is 4.90 Å². The molecule has 0 fully saturated rings. The van der Waals surface area contributed by atoms with Crippen LogP contribution in [0.1, 0.15) is 26.3 Å². The largest absolute Gasteiger partial charge is 0.310 e. The van der Waals surface area contributed by atoms with E-state index in [1.54, 1.807) is 0 Å². The van der Waals surface area contributed by atoms with Gasteiger partial charge in [-0.2, -0.15) is 0 Å². The predicted octanol–water partition coefficient (Wildman–Crippen LogP) is 17.7. The van der Waals surface area contributed by atoms with Crippen LogP contribution in [0.25, 0.3) is 87.6 Å². The molecule has 0 saturated carbocycles. The molecule has 0 radical (unpaired) electrons. The van der Waals surface area contributed by atoms with Crippen molar-refractivity contribution in [1.82, 2.24) is 0 Å². The molecule has 0 atom stereocenters. The SMILES string of the molecule is CC(C)(C)c1ccc(N(c2ccc(-c3ccc4ccccc4c3)cc2)c2ccc3c(c2)c2ccccc2c2c(-c4ccccc4)cc(-c4ccccc4)c(-c4ccccc4)c32)cc1. The summed E-state index contributed by atoms with van der Waals surface area (Å²) in [6.45, 7) is 6.83. The number of anilines is 3. The smallest absolute Gasteiger partial charge is 0.0468 e. The Morgan fingerprint density at radius 1 is 0.302 bits per heavy atom. The Labute approximate surface area is 370 Å². The summed E-state index contributed by atoms with van der Waals surface area (Å²) in [6.07, 6.45) is 0. The van der Waals surface area contributed by atoms with Crippen LogP contribution in [-0.2, 0) is 5.41 Å². The van der Waals surface area contributed by atoms with E-state index in [9.17, 15) is 0 Å². The van der Waals surface area contributed by atoms with Crippen molar-refractivity contribution in [3.63, 3.8) is 0 Å². The zero-order valence-electron chi connectivity index (χ0n) is 35.9. The van der Waals surface area contributed by atoms with E-state index in [1.807, 2.05) is 0 Å². The first-order valence-electron chi connectivity index (χ1n) is 22.0. The van der Waals surface area contributed by atoms with E-state index < -0.39 is 0 Å². The van der Waals surface area contributed by atoms with Gasteiger partial charge in [-0.3, -0.25) is 0 Å². The quantitative estimate of drug-likeness (QED) is 0.145. The van der Waals surface area contributed by atoms with Gasteiger partial charge in [0, 0.05) is 17.1 Å². The molecule has 0 aromatic heterocycles. The summed E-state index contributed by atoms with van der Waals surface area (Å²) in [4.78, 5) is 2.42. The number of hydrogen-bond donors (Lipinski definition) is 0. The van der Waals surface area contributed by atoms with Crippen LogP contribution in [0, 0.1) is 0 Å². The minimum Gasteiger partial charge on any atom is -0.310 e. The van der Waals surface area contributed by atoms with Gasteiger partial charge in [-0.1, -0.05) is 203 Å². The molecule has 0 spiro atoms. The molecule has 1 nitrogen and oxygen atoms in total. The fourth-order valence-electron chi connectivity index (χ4n) is 9.61. The summed E-state index contributed by atoms with van der Waals surface area (Å²) >= 11 is 0. The molecule has 11 aromatic rings. The van der Waals surface area contributed by atoms with Crippen molar-refractivity contribution >= 4 is 60.2 Å². The molecule has 300 valence electrons. The standard InChI is InChI=1S/C62H47N/c1-62(2,3)49-31-35-51(36-32-49)63(50-33-29-43(30-34-50)48-28-27-42-17-13-14-24-47(42)39-48)52-37-38-55-58(40-52)53-25-15-16-26-54(53)60-57(45-20-9-5-10-21-45)41-56(44-18-7-4-8-19-44)59(61(55)60)46-22-11-6-12-23-46/h4-41H,1-3H3. The Bertz CT molecular complexity index is 3440. The van der Waals surface area contributed by atoms with E-state index in [1.165, 1.54) is 93.2 Å². The lowest BCUT2D eigenvalue weighted by Gasteiger charge is -2.28. The van der Waals surface area contributed by atoms with Crippen molar-refractivity contribution in [2.75, 3.05) is 4.90 Å². The first kappa shape index (κ1) is 38.2. The molecule has 11 aromatic carbocycles. The van der Waals surface area contributed by atoms with Gasteiger partial charge in [0.1, 0.15) is 0 Å². The second-order valence-electron chi connectivity index (χ2n) is 17.7. The molecule has 0 aliphatic carbocycles. The molecule has 0 aliphatic heterocycles. The number of benzene rings is 11. The lowest BCUT2D eigenvalue weighted by Crippen LogP contribution is -2.13. The molecule has 0 heterocycles. The first-order chi connectivity index (χ1) is 30.9. The molecule has 0 unspecified atom stereocenters. The van der Waals surface area contributed by atoms with Gasteiger partial charge >= 0.3 is 0 Å². The monoisotopic (exact) mass is 805 g/mol. The van der Waals surface area contributed by atoms with Crippen LogP contribution in [0.5, 0.6) is 0 Å². The number of rotatable bonds is 7. The molecule has 1 heteroatoms. The Balaban J connectivity index is 1.19. The van der Waals surface area contributed by atoms with E-state index in [4.69, 9.17) is 0 Å². The fraction of sp³-hybridized carbons (Fsp3) is 0.0645. The van der Waals surface area contributed by atoms with Gasteiger partial charge in [-0.15, -0.1) is 0 Å². The Kier molecular flexibility index (Phi) is 9.47. The first-order valence-corrected chi connectivity index (χ1v) is 22.0. The van der Waals surface area contributed by atoms with E-state index in [2.05, 4.69) is 256 Å². The van der Waals surface area contributed by atoms with Crippen LogP contribution in [0.3, 0.4) is 0 Å². The summed E-state index contributed by atoms with van der Waals surface area (Å²) in [7, 11) is 0. The topological polar surface area (TPSA) is 3.24 Å². The van der Waals surface area contributed by atoms with Crippen LogP contribution in [0.2, 0.25) is 0 Å². The third kappa shape index (κ3) is 6.93. The molecule has 0 aliphatic rings. The summed E-state index contributed by atoms with van der Waals surface area (Å²) in [5, 5.41) is 9.98. The van der Waals surface area contributed by atoms with Crippen LogP contribution >= 0.6 is 0 Å². The van der Waals surface area contributed by atoms with Gasteiger partial charge < -0.3 is 4.90 Å². The molecule has 0 amide bonds. The zero-order valence-corrected chi connectivity index (χ0v) is 35.9. The maximum absolute atomic E-state index is 2.44. The number of nitrogens with zero attached hydrogens (tertiary/aromatic N) is 1. The molecule has 0 bridgehead atoms. The molecule has 0 N–H and O–H groups in total. The Morgan fingerprint density at radius 2 is 0.810 bits per heavy atom. The third-order valence-corrected chi connectivity index (χ3v) is 12.8. The zero-order chi connectivity index (χ0) is 42.5. The summed E-state index contributed by atoms with van der Waals surface area (Å²) in [5.74, 6) is 0. The molecule has 63 heavy (non-hydrogen) atoms. The van der Waals surface area contributed by atoms with Gasteiger partial charge in [0.25, 0.3) is 0 Å². The second-order valence-corrected chi connectivity index (χ2v) is 17.7. The molecule has 0 saturated heterocycles. The molecular formula is C62H47N. The van der Waals surface area contributed by atoms with Crippen molar-refractivity contribution in [3.05, 3.63) is 236 Å². The third-order valence-electron chi connectivity index (χ3n) is 12.8. The van der Waals surface area contributed by atoms with Crippen molar-refractivity contribution in [2.45, 2.75) is 26.2 Å². The second kappa shape index (κ2) is 15.6. The van der Waals surface area contributed by atoms with Crippen molar-refractivity contribution in [2.24, 2.45) is 0 Å². The van der Waals surface area contributed by atoms with Crippen molar-refractivity contribution in [1.29, 1.82) is 0 Å². The van der Waals surface area contributed by atoms with Gasteiger partial charge in [-0.05, 0) is 147 Å². The highest BCUT2D eigenvalue weighted by atomic mass is 15.1. The summed E-state index contributed by atoms with van der Waals surface area (Å²) in [6, 6.07) is 84.9. The van der Waals surface area contributed by atoms with E-state index >= 15 is 0 Å². The Hall–Kier alpha value is -7.74. The number of hydrogen-bond acceptors (Lipinski definition) is 1. The maximum atomic E-state index is 2.44. The maximum Gasteiger partial charge on any atom is 0.0468 e. The van der Waals surface area contributed by atoms with Gasteiger partial charge in [0.15, 0.2) is 0 Å². The van der Waals surface area contributed by atoms with E-state index in [-0.39, 0.29) is 5.41 Å². The van der Waals surface area contributed by atoms with Crippen LogP contribution in [0.4, 0.5) is 17.1 Å². The van der Waals surface area contributed by atoms with Crippen molar-refractivity contribution < 1.29 is 0 Å². The fourth-order valence-corrected chi connectivity index (χ4v) is 9.61.